The van der Waals surface area contributed by atoms with Crippen molar-refractivity contribution in [3.05, 3.63) is 77.5 Å². The minimum atomic E-state index is -3.65. The molecule has 184 valence electrons. The first-order chi connectivity index (χ1) is 16.9. The van der Waals surface area contributed by atoms with Gasteiger partial charge in [0.2, 0.25) is 21.8 Å². The first-order valence-electron chi connectivity index (χ1n) is 11.6. The highest BCUT2D eigenvalue weighted by atomic mass is 32.2. The first-order valence-corrected chi connectivity index (χ1v) is 13.1. The van der Waals surface area contributed by atoms with Crippen LogP contribution in [0.25, 0.3) is 0 Å². The molecule has 1 heterocycles. The van der Waals surface area contributed by atoms with Gasteiger partial charge in [-0.2, -0.15) is 0 Å². The smallest absolute Gasteiger partial charge is 0.240 e. The molecule has 3 aromatic rings. The number of nitrogens with zero attached hydrogens (tertiary/aromatic N) is 1. The van der Waals surface area contributed by atoms with Gasteiger partial charge < -0.3 is 14.8 Å². The van der Waals surface area contributed by atoms with Crippen LogP contribution in [0, 0.1) is 0 Å². The van der Waals surface area contributed by atoms with Gasteiger partial charge in [0.1, 0.15) is 11.5 Å². The van der Waals surface area contributed by atoms with Gasteiger partial charge in [-0.1, -0.05) is 18.2 Å². The average molecular weight is 496 g/mol. The lowest BCUT2D eigenvalue weighted by Crippen LogP contribution is -2.30. The summed E-state index contributed by atoms with van der Waals surface area (Å²) >= 11 is 0. The molecule has 9 heteroatoms. The van der Waals surface area contributed by atoms with E-state index < -0.39 is 10.0 Å². The minimum Gasteiger partial charge on any atom is -0.497 e. The van der Waals surface area contributed by atoms with Gasteiger partial charge in [0.15, 0.2) is 0 Å². The number of fused-ring (bicyclic) bond motifs is 1. The Morgan fingerprint density at radius 2 is 1.80 bits per heavy atom. The molecule has 0 atom stereocenters. The van der Waals surface area contributed by atoms with E-state index in [2.05, 4.69) is 15.0 Å². The Labute approximate surface area is 205 Å². The number of carbonyl (C=O) groups excluding carboxylic acids is 1. The monoisotopic (exact) mass is 495 g/mol. The fourth-order valence-electron chi connectivity index (χ4n) is 3.91. The predicted octanol–water partition coefficient (Wildman–Crippen LogP) is 3.75. The van der Waals surface area contributed by atoms with Crippen LogP contribution in [0.4, 0.5) is 0 Å². The topological polar surface area (TPSA) is 107 Å². The molecule has 0 bridgehead atoms. The van der Waals surface area contributed by atoms with Crippen LogP contribution in [-0.2, 0) is 34.2 Å². The molecule has 0 unspecified atom stereocenters. The number of sulfonamides is 1. The number of hydrogen-bond acceptors (Lipinski definition) is 6. The van der Waals surface area contributed by atoms with Crippen molar-refractivity contribution < 1.29 is 22.7 Å². The minimum absolute atomic E-state index is 0.0246. The number of benzene rings is 2. The number of aryl methyl sites for hydroxylation is 2. The second kappa shape index (κ2) is 11.3. The summed E-state index contributed by atoms with van der Waals surface area (Å²) in [5.74, 6) is 1.46. The standard InChI is InChI=1S/C26H29N3O5S/c1-33-22-7-4-8-23(16-22)34-26-12-9-19(18-28-26)17-27-25(30)13-14-29-35(31,32)24-11-10-20-5-2-3-6-21(20)15-24/h4,7-12,15-16,18,29H,2-3,5-6,13-14,17H2,1H3,(H,27,30). The van der Waals surface area contributed by atoms with Crippen molar-refractivity contribution in [2.24, 2.45) is 0 Å². The van der Waals surface area contributed by atoms with E-state index in [1.807, 2.05) is 24.3 Å². The lowest BCUT2D eigenvalue weighted by atomic mass is 9.92. The van der Waals surface area contributed by atoms with E-state index in [1.165, 1.54) is 5.56 Å². The van der Waals surface area contributed by atoms with Crippen LogP contribution in [0.3, 0.4) is 0 Å². The van der Waals surface area contributed by atoms with Gasteiger partial charge in [-0.25, -0.2) is 18.1 Å². The molecule has 1 aliphatic rings. The Balaban J connectivity index is 1.22. The number of methoxy groups -OCH3 is 1. The van der Waals surface area contributed by atoms with E-state index in [9.17, 15) is 13.2 Å². The Bertz CT molecular complexity index is 1280. The number of aromatic nitrogens is 1. The summed E-state index contributed by atoms with van der Waals surface area (Å²) in [6.45, 7) is 0.305. The number of hydrogen-bond donors (Lipinski definition) is 2. The van der Waals surface area contributed by atoms with Crippen LogP contribution in [0.1, 0.15) is 36.0 Å². The van der Waals surface area contributed by atoms with Crippen LogP contribution in [0.15, 0.2) is 65.7 Å². The van der Waals surface area contributed by atoms with Crippen molar-refractivity contribution in [3.8, 4) is 17.4 Å². The summed E-state index contributed by atoms with van der Waals surface area (Å²) in [4.78, 5) is 16.7. The molecule has 0 saturated carbocycles. The molecule has 0 radical (unpaired) electrons. The lowest BCUT2D eigenvalue weighted by molar-refractivity contribution is -0.121. The van der Waals surface area contributed by atoms with Crippen molar-refractivity contribution >= 4 is 15.9 Å². The summed E-state index contributed by atoms with van der Waals surface area (Å²) in [5, 5.41) is 2.78. The van der Waals surface area contributed by atoms with Gasteiger partial charge in [0.25, 0.3) is 0 Å². The number of pyridine rings is 1. The van der Waals surface area contributed by atoms with Gasteiger partial charge in [-0.3, -0.25) is 4.79 Å². The third kappa shape index (κ3) is 6.80. The summed E-state index contributed by atoms with van der Waals surface area (Å²) in [6.07, 6.45) is 5.78. The van der Waals surface area contributed by atoms with Gasteiger partial charge in [0.05, 0.1) is 12.0 Å². The lowest BCUT2D eigenvalue weighted by Gasteiger charge is -2.16. The first kappa shape index (κ1) is 24.7. The zero-order valence-corrected chi connectivity index (χ0v) is 20.4. The van der Waals surface area contributed by atoms with E-state index in [4.69, 9.17) is 9.47 Å². The van der Waals surface area contributed by atoms with Crippen molar-refractivity contribution in [2.45, 2.75) is 43.5 Å². The highest BCUT2D eigenvalue weighted by Crippen LogP contribution is 2.25. The maximum Gasteiger partial charge on any atom is 0.240 e. The Hall–Kier alpha value is -3.43. The molecule has 0 fully saturated rings. The zero-order valence-electron chi connectivity index (χ0n) is 19.6. The molecular weight excluding hydrogens is 466 g/mol. The van der Waals surface area contributed by atoms with Crippen LogP contribution in [0.5, 0.6) is 17.4 Å². The largest absolute Gasteiger partial charge is 0.497 e. The third-order valence-corrected chi connectivity index (χ3v) is 7.28. The van der Waals surface area contributed by atoms with Gasteiger partial charge >= 0.3 is 0 Å². The van der Waals surface area contributed by atoms with E-state index >= 15 is 0 Å². The molecular formula is C26H29N3O5S. The summed E-state index contributed by atoms with van der Waals surface area (Å²) in [7, 11) is -2.07. The third-order valence-electron chi connectivity index (χ3n) is 5.83. The molecule has 1 aliphatic carbocycles. The molecule has 0 aliphatic heterocycles. The predicted molar refractivity (Wildman–Crippen MR) is 132 cm³/mol. The highest BCUT2D eigenvalue weighted by Gasteiger charge is 2.17. The molecule has 1 amide bonds. The molecule has 8 nitrogen and oxygen atoms in total. The van der Waals surface area contributed by atoms with E-state index in [1.54, 1.807) is 43.6 Å². The average Bonchev–Trinajstić information content (AvgIpc) is 2.88. The highest BCUT2D eigenvalue weighted by molar-refractivity contribution is 7.89. The summed E-state index contributed by atoms with van der Waals surface area (Å²) in [6, 6.07) is 16.0. The molecule has 4 rings (SSSR count). The van der Waals surface area contributed by atoms with Crippen LogP contribution in [0.2, 0.25) is 0 Å². The zero-order chi connectivity index (χ0) is 24.7. The van der Waals surface area contributed by atoms with E-state index in [0.29, 0.717) is 17.4 Å². The fourth-order valence-corrected chi connectivity index (χ4v) is 4.99. The van der Waals surface area contributed by atoms with Crippen molar-refractivity contribution in [2.75, 3.05) is 13.7 Å². The maximum atomic E-state index is 12.6. The van der Waals surface area contributed by atoms with Crippen LogP contribution in [-0.4, -0.2) is 33.0 Å². The van der Waals surface area contributed by atoms with Crippen molar-refractivity contribution in [1.82, 2.24) is 15.0 Å². The second-order valence-electron chi connectivity index (χ2n) is 8.35. The Morgan fingerprint density at radius 1 is 1.00 bits per heavy atom. The van der Waals surface area contributed by atoms with Gasteiger partial charge in [0, 0.05) is 37.8 Å². The number of amides is 1. The number of nitrogens with one attached hydrogen (secondary N) is 2. The van der Waals surface area contributed by atoms with E-state index in [0.717, 1.165) is 36.8 Å². The maximum absolute atomic E-state index is 12.6. The molecule has 0 saturated heterocycles. The molecule has 2 aromatic carbocycles. The Kier molecular flexibility index (Phi) is 7.99. The summed E-state index contributed by atoms with van der Waals surface area (Å²) in [5.41, 5.74) is 3.13. The number of ether oxygens (including phenoxy) is 2. The van der Waals surface area contributed by atoms with Gasteiger partial charge in [-0.15, -0.1) is 0 Å². The van der Waals surface area contributed by atoms with Crippen LogP contribution >= 0.6 is 0 Å². The molecule has 35 heavy (non-hydrogen) atoms. The van der Waals surface area contributed by atoms with Gasteiger partial charge in [-0.05, 0) is 66.6 Å². The SMILES string of the molecule is COc1cccc(Oc2ccc(CNC(=O)CCNS(=O)(=O)c3ccc4c(c3)CCCC4)cn2)c1. The molecule has 0 spiro atoms. The van der Waals surface area contributed by atoms with Crippen molar-refractivity contribution in [1.29, 1.82) is 0 Å². The quantitative estimate of drug-likeness (QED) is 0.444. The second-order valence-corrected chi connectivity index (χ2v) is 10.1. The van der Waals surface area contributed by atoms with E-state index in [-0.39, 0.29) is 30.3 Å². The van der Waals surface area contributed by atoms with Crippen molar-refractivity contribution in [3.63, 3.8) is 0 Å². The van der Waals surface area contributed by atoms with Crippen LogP contribution < -0.4 is 19.5 Å². The fraction of sp³-hybridized carbons (Fsp3) is 0.308. The molecule has 1 aromatic heterocycles. The normalized spacial score (nSPS) is 13.1. The number of rotatable bonds is 10. The Morgan fingerprint density at radius 3 is 2.57 bits per heavy atom. The summed E-state index contributed by atoms with van der Waals surface area (Å²) < 4.78 is 38.6. The molecule has 2 N–H and O–H groups in total. The number of carbonyl (C=O) groups is 1.